The molecule has 0 aliphatic heterocycles. The van der Waals surface area contributed by atoms with E-state index in [9.17, 15) is 4.79 Å². The molecule has 0 saturated carbocycles. The van der Waals surface area contributed by atoms with E-state index in [1.54, 1.807) is 12.4 Å². The summed E-state index contributed by atoms with van der Waals surface area (Å²) in [4.78, 5) is 15.3. The summed E-state index contributed by atoms with van der Waals surface area (Å²) in [7, 11) is 0. The van der Waals surface area contributed by atoms with Gasteiger partial charge in [0.15, 0.2) is 0 Å². The van der Waals surface area contributed by atoms with Gasteiger partial charge in [-0.1, -0.05) is 20.8 Å². The zero-order valence-electron chi connectivity index (χ0n) is 8.90. The molecule has 1 amide bonds. The molecule has 1 N–H and O–H groups in total. The summed E-state index contributed by atoms with van der Waals surface area (Å²) in [5.74, 6) is 1.07. The number of carbonyl (C=O) groups is 1. The maximum atomic E-state index is 11.4. The molecule has 1 atom stereocenters. The topological polar surface area (TPSA) is 46.9 Å². The lowest BCUT2D eigenvalue weighted by Crippen LogP contribution is -2.32. The van der Waals surface area contributed by atoms with Gasteiger partial charge in [-0.3, -0.25) is 4.57 Å². The number of hydrogen-bond donors (Lipinski definition) is 1. The van der Waals surface area contributed by atoms with Gasteiger partial charge in [0.1, 0.15) is 6.33 Å². The van der Waals surface area contributed by atoms with Crippen LogP contribution in [0, 0.1) is 11.8 Å². The lowest BCUT2D eigenvalue weighted by atomic mass is 9.98. The maximum Gasteiger partial charge on any atom is 0.326 e. The predicted octanol–water partition coefficient (Wildman–Crippen LogP) is 1.73. The largest absolute Gasteiger partial charge is 0.337 e. The third-order valence-electron chi connectivity index (χ3n) is 2.45. The van der Waals surface area contributed by atoms with Crippen molar-refractivity contribution in [1.29, 1.82) is 0 Å². The van der Waals surface area contributed by atoms with Crippen LogP contribution < -0.4 is 5.32 Å². The van der Waals surface area contributed by atoms with Gasteiger partial charge in [-0.05, 0) is 11.8 Å². The molecular formula is C10H17N3O. The quantitative estimate of drug-likeness (QED) is 0.798. The average Bonchev–Trinajstić information content (AvgIpc) is 2.66. The number of nitrogens with zero attached hydrogens (tertiary/aromatic N) is 2. The summed E-state index contributed by atoms with van der Waals surface area (Å²) < 4.78 is 1.44. The summed E-state index contributed by atoms with van der Waals surface area (Å²) in [6.45, 7) is 7.12. The molecule has 14 heavy (non-hydrogen) atoms. The normalized spacial score (nSPS) is 12.9. The van der Waals surface area contributed by atoms with Gasteiger partial charge in [0.25, 0.3) is 0 Å². The molecule has 78 valence electrons. The standard InChI is InChI=1S/C10H17N3O/c1-8(2)9(3)6-12-10(14)13-5-4-11-7-13/h4-5,7-9H,6H2,1-3H3,(H,12,14). The predicted molar refractivity (Wildman–Crippen MR) is 55.0 cm³/mol. The van der Waals surface area contributed by atoms with Crippen LogP contribution in [0.1, 0.15) is 20.8 Å². The molecule has 1 rings (SSSR count). The van der Waals surface area contributed by atoms with E-state index < -0.39 is 0 Å². The number of rotatable bonds is 3. The highest BCUT2D eigenvalue weighted by molar-refractivity contribution is 5.76. The third-order valence-corrected chi connectivity index (χ3v) is 2.45. The van der Waals surface area contributed by atoms with Crippen LogP contribution in [0.5, 0.6) is 0 Å². The van der Waals surface area contributed by atoms with Crippen LogP contribution in [-0.4, -0.2) is 22.1 Å². The highest BCUT2D eigenvalue weighted by Crippen LogP contribution is 2.07. The molecule has 4 heteroatoms. The minimum atomic E-state index is -0.116. The summed E-state index contributed by atoms with van der Waals surface area (Å²) in [5, 5.41) is 2.85. The number of aromatic nitrogens is 2. The van der Waals surface area contributed by atoms with E-state index in [4.69, 9.17) is 0 Å². The van der Waals surface area contributed by atoms with Gasteiger partial charge >= 0.3 is 6.03 Å². The van der Waals surface area contributed by atoms with Crippen LogP contribution in [0.4, 0.5) is 4.79 Å². The lowest BCUT2D eigenvalue weighted by molar-refractivity contribution is 0.239. The minimum absolute atomic E-state index is 0.116. The van der Waals surface area contributed by atoms with E-state index in [2.05, 4.69) is 31.1 Å². The smallest absolute Gasteiger partial charge is 0.326 e. The Morgan fingerprint density at radius 1 is 1.50 bits per heavy atom. The third kappa shape index (κ3) is 2.87. The minimum Gasteiger partial charge on any atom is -0.337 e. The molecule has 0 aliphatic carbocycles. The Morgan fingerprint density at radius 3 is 2.71 bits per heavy atom. The maximum absolute atomic E-state index is 11.4. The molecule has 1 aromatic heterocycles. The fourth-order valence-electron chi connectivity index (χ4n) is 0.955. The van der Waals surface area contributed by atoms with Crippen LogP contribution in [0.3, 0.4) is 0 Å². The molecule has 1 aromatic rings. The average molecular weight is 195 g/mol. The first-order valence-corrected chi connectivity index (χ1v) is 4.87. The fraction of sp³-hybridized carbons (Fsp3) is 0.600. The van der Waals surface area contributed by atoms with E-state index in [-0.39, 0.29) is 6.03 Å². The molecule has 1 unspecified atom stereocenters. The fourth-order valence-corrected chi connectivity index (χ4v) is 0.955. The van der Waals surface area contributed by atoms with Crippen LogP contribution in [0.25, 0.3) is 0 Å². The van der Waals surface area contributed by atoms with Crippen molar-refractivity contribution in [2.24, 2.45) is 11.8 Å². The Bertz CT molecular complexity index is 280. The first-order valence-electron chi connectivity index (χ1n) is 4.87. The Kier molecular flexibility index (Phi) is 3.68. The number of imidazole rings is 1. The van der Waals surface area contributed by atoms with Crippen LogP contribution >= 0.6 is 0 Å². The zero-order chi connectivity index (χ0) is 10.6. The zero-order valence-corrected chi connectivity index (χ0v) is 8.90. The van der Waals surface area contributed by atoms with Crippen molar-refractivity contribution in [2.75, 3.05) is 6.54 Å². The van der Waals surface area contributed by atoms with Crippen LogP contribution in [-0.2, 0) is 0 Å². The molecule has 0 bridgehead atoms. The number of nitrogens with one attached hydrogen (secondary N) is 1. The first kappa shape index (κ1) is 10.8. The monoisotopic (exact) mass is 195 g/mol. The Morgan fingerprint density at radius 2 is 2.21 bits per heavy atom. The van der Waals surface area contributed by atoms with Crippen molar-refractivity contribution < 1.29 is 4.79 Å². The van der Waals surface area contributed by atoms with Crippen molar-refractivity contribution in [3.05, 3.63) is 18.7 Å². The van der Waals surface area contributed by atoms with E-state index in [1.807, 2.05) is 0 Å². The van der Waals surface area contributed by atoms with Gasteiger partial charge in [-0.2, -0.15) is 0 Å². The summed E-state index contributed by atoms with van der Waals surface area (Å²) in [5.41, 5.74) is 0. The van der Waals surface area contributed by atoms with Crippen LogP contribution in [0.15, 0.2) is 18.7 Å². The second-order valence-corrected chi connectivity index (χ2v) is 3.88. The number of carbonyl (C=O) groups excluding carboxylic acids is 1. The van der Waals surface area contributed by atoms with Gasteiger partial charge in [0.05, 0.1) is 0 Å². The summed E-state index contributed by atoms with van der Waals surface area (Å²) in [6.07, 6.45) is 4.72. The van der Waals surface area contributed by atoms with Gasteiger partial charge in [-0.15, -0.1) is 0 Å². The van der Waals surface area contributed by atoms with Crippen molar-refractivity contribution >= 4 is 6.03 Å². The first-order chi connectivity index (χ1) is 6.61. The Labute approximate surface area is 84.3 Å². The van der Waals surface area contributed by atoms with E-state index in [0.717, 1.165) is 0 Å². The molecule has 0 radical (unpaired) electrons. The Balaban J connectivity index is 2.36. The second kappa shape index (κ2) is 4.79. The van der Waals surface area contributed by atoms with Crippen molar-refractivity contribution in [2.45, 2.75) is 20.8 Å². The molecule has 0 spiro atoms. The van der Waals surface area contributed by atoms with E-state index >= 15 is 0 Å². The van der Waals surface area contributed by atoms with Crippen molar-refractivity contribution in [3.8, 4) is 0 Å². The molecule has 0 saturated heterocycles. The molecular weight excluding hydrogens is 178 g/mol. The molecule has 0 aliphatic rings. The van der Waals surface area contributed by atoms with Gasteiger partial charge in [0.2, 0.25) is 0 Å². The second-order valence-electron chi connectivity index (χ2n) is 3.88. The van der Waals surface area contributed by atoms with Crippen LogP contribution in [0.2, 0.25) is 0 Å². The molecule has 0 aromatic carbocycles. The summed E-state index contributed by atoms with van der Waals surface area (Å²) in [6, 6.07) is -0.116. The number of hydrogen-bond acceptors (Lipinski definition) is 2. The van der Waals surface area contributed by atoms with E-state index in [0.29, 0.717) is 18.4 Å². The molecule has 1 heterocycles. The number of amides is 1. The lowest BCUT2D eigenvalue weighted by Gasteiger charge is -2.15. The Hall–Kier alpha value is -1.32. The molecule has 4 nitrogen and oxygen atoms in total. The van der Waals surface area contributed by atoms with Gasteiger partial charge in [-0.25, -0.2) is 9.78 Å². The van der Waals surface area contributed by atoms with Gasteiger partial charge in [0, 0.05) is 18.9 Å². The molecule has 0 fully saturated rings. The van der Waals surface area contributed by atoms with Crippen molar-refractivity contribution in [1.82, 2.24) is 14.9 Å². The SMILES string of the molecule is CC(C)C(C)CNC(=O)n1ccnc1. The van der Waals surface area contributed by atoms with Crippen molar-refractivity contribution in [3.63, 3.8) is 0 Å². The summed E-state index contributed by atoms with van der Waals surface area (Å²) >= 11 is 0. The highest BCUT2D eigenvalue weighted by Gasteiger charge is 2.09. The van der Waals surface area contributed by atoms with E-state index in [1.165, 1.54) is 10.9 Å². The highest BCUT2D eigenvalue weighted by atomic mass is 16.2. The van der Waals surface area contributed by atoms with Gasteiger partial charge < -0.3 is 5.32 Å².